The van der Waals surface area contributed by atoms with Crippen molar-refractivity contribution in [2.24, 2.45) is 0 Å². The lowest BCUT2D eigenvalue weighted by molar-refractivity contribution is 0.0751. The largest absolute Gasteiger partial charge is 0.355 e. The number of imidazole rings is 1. The first-order valence-electron chi connectivity index (χ1n) is 15.1. The van der Waals surface area contributed by atoms with E-state index in [2.05, 4.69) is 33.9 Å². The van der Waals surface area contributed by atoms with Crippen LogP contribution >= 0.6 is 0 Å². The SMILES string of the molecule is CCCCN(CCCC)C(=O)c1ccc2nc(Nc3ccc(C(=O)NC)cc3)n(CCCN3CCCCC3)c2c1. The highest BCUT2D eigenvalue weighted by Gasteiger charge is 2.19. The van der Waals surface area contributed by atoms with Crippen LogP contribution in [0.3, 0.4) is 0 Å². The molecule has 0 unspecified atom stereocenters. The first-order chi connectivity index (χ1) is 19.5. The second-order valence-electron chi connectivity index (χ2n) is 10.8. The van der Waals surface area contributed by atoms with Gasteiger partial charge in [-0.1, -0.05) is 33.1 Å². The van der Waals surface area contributed by atoms with Gasteiger partial charge in [0.15, 0.2) is 0 Å². The number of amides is 2. The molecule has 2 heterocycles. The van der Waals surface area contributed by atoms with Gasteiger partial charge >= 0.3 is 0 Å². The minimum Gasteiger partial charge on any atom is -0.355 e. The van der Waals surface area contributed by atoms with Crippen LogP contribution in [0, 0.1) is 0 Å². The third-order valence-electron chi connectivity index (χ3n) is 7.78. The molecule has 2 aromatic carbocycles. The van der Waals surface area contributed by atoms with E-state index in [1.165, 1.54) is 32.4 Å². The predicted octanol–water partition coefficient (Wildman–Crippen LogP) is 6.06. The van der Waals surface area contributed by atoms with E-state index in [9.17, 15) is 9.59 Å². The van der Waals surface area contributed by atoms with Crippen LogP contribution in [0.2, 0.25) is 0 Å². The quantitative estimate of drug-likeness (QED) is 0.257. The van der Waals surface area contributed by atoms with Crippen LogP contribution in [0.15, 0.2) is 42.5 Å². The molecule has 1 saturated heterocycles. The molecule has 0 atom stereocenters. The second-order valence-corrected chi connectivity index (χ2v) is 10.8. The van der Waals surface area contributed by atoms with Crippen LogP contribution in [0.4, 0.5) is 11.6 Å². The highest BCUT2D eigenvalue weighted by atomic mass is 16.2. The fourth-order valence-electron chi connectivity index (χ4n) is 5.39. The van der Waals surface area contributed by atoms with Crippen LogP contribution in [0.5, 0.6) is 0 Å². The lowest BCUT2D eigenvalue weighted by Crippen LogP contribution is -2.33. The molecule has 0 spiro atoms. The number of likely N-dealkylation sites (tertiary alicyclic amines) is 1. The summed E-state index contributed by atoms with van der Waals surface area (Å²) in [6.07, 6.45) is 9.07. The predicted molar refractivity (Wildman–Crippen MR) is 163 cm³/mol. The number of fused-ring (bicyclic) bond motifs is 1. The van der Waals surface area contributed by atoms with Gasteiger partial charge in [-0.25, -0.2) is 4.98 Å². The number of nitrogens with zero attached hydrogens (tertiary/aromatic N) is 4. The topological polar surface area (TPSA) is 82.5 Å². The second kappa shape index (κ2) is 14.8. The molecule has 1 aliphatic heterocycles. The van der Waals surface area contributed by atoms with Crippen LogP contribution in [-0.2, 0) is 6.54 Å². The van der Waals surface area contributed by atoms with E-state index in [1.807, 2.05) is 47.4 Å². The Morgan fingerprint density at radius 2 is 1.55 bits per heavy atom. The summed E-state index contributed by atoms with van der Waals surface area (Å²) in [5.41, 5.74) is 4.04. The summed E-state index contributed by atoms with van der Waals surface area (Å²) in [5, 5.41) is 6.13. The Kier molecular flexibility index (Phi) is 11.0. The molecule has 0 aliphatic carbocycles. The molecule has 40 heavy (non-hydrogen) atoms. The molecule has 1 aromatic heterocycles. The molecule has 2 N–H and O–H groups in total. The molecule has 4 rings (SSSR count). The summed E-state index contributed by atoms with van der Waals surface area (Å²) < 4.78 is 2.21. The van der Waals surface area contributed by atoms with Crippen molar-refractivity contribution in [1.82, 2.24) is 24.7 Å². The van der Waals surface area contributed by atoms with Gasteiger partial charge in [-0.3, -0.25) is 9.59 Å². The third-order valence-corrected chi connectivity index (χ3v) is 7.78. The van der Waals surface area contributed by atoms with Gasteiger partial charge in [0.25, 0.3) is 11.8 Å². The summed E-state index contributed by atoms with van der Waals surface area (Å²) >= 11 is 0. The van der Waals surface area contributed by atoms with Crippen LogP contribution < -0.4 is 10.6 Å². The number of carbonyl (C=O) groups excluding carboxylic acids is 2. The Balaban J connectivity index is 1.61. The van der Waals surface area contributed by atoms with Gasteiger partial charge in [0.1, 0.15) is 0 Å². The highest BCUT2D eigenvalue weighted by Crippen LogP contribution is 2.26. The summed E-state index contributed by atoms with van der Waals surface area (Å²) in [4.78, 5) is 35.0. The number of benzene rings is 2. The molecular formula is C32H46N6O2. The van der Waals surface area contributed by atoms with Gasteiger partial charge in [-0.2, -0.15) is 0 Å². The number of anilines is 2. The van der Waals surface area contributed by atoms with Crippen molar-refractivity contribution in [2.45, 2.75) is 71.8 Å². The zero-order valence-corrected chi connectivity index (χ0v) is 24.5. The fraction of sp³-hybridized carbons (Fsp3) is 0.531. The van der Waals surface area contributed by atoms with E-state index in [4.69, 9.17) is 4.98 Å². The summed E-state index contributed by atoms with van der Waals surface area (Å²) in [6, 6.07) is 13.3. The minimum atomic E-state index is -0.111. The Morgan fingerprint density at radius 3 is 2.20 bits per heavy atom. The normalized spacial score (nSPS) is 13.9. The van der Waals surface area contributed by atoms with Gasteiger partial charge in [0.2, 0.25) is 5.95 Å². The van der Waals surface area contributed by atoms with Crippen molar-refractivity contribution in [1.29, 1.82) is 0 Å². The lowest BCUT2D eigenvalue weighted by atomic mass is 10.1. The molecule has 0 bridgehead atoms. The Hall–Kier alpha value is -3.39. The first-order valence-corrected chi connectivity index (χ1v) is 15.1. The van der Waals surface area contributed by atoms with E-state index < -0.39 is 0 Å². The molecule has 216 valence electrons. The maximum Gasteiger partial charge on any atom is 0.253 e. The molecular weight excluding hydrogens is 500 g/mol. The van der Waals surface area contributed by atoms with Crippen molar-refractivity contribution < 1.29 is 9.59 Å². The fourth-order valence-corrected chi connectivity index (χ4v) is 5.39. The monoisotopic (exact) mass is 546 g/mol. The Bertz CT molecular complexity index is 1240. The van der Waals surface area contributed by atoms with Gasteiger partial charge in [-0.05, 0) is 94.2 Å². The lowest BCUT2D eigenvalue weighted by Gasteiger charge is -2.26. The van der Waals surface area contributed by atoms with E-state index >= 15 is 0 Å². The molecule has 1 aliphatic rings. The van der Waals surface area contributed by atoms with Crippen molar-refractivity contribution in [3.63, 3.8) is 0 Å². The maximum atomic E-state index is 13.6. The number of hydrogen-bond donors (Lipinski definition) is 2. The van der Waals surface area contributed by atoms with Crippen LogP contribution in [0.25, 0.3) is 11.0 Å². The molecule has 8 heteroatoms. The zero-order valence-electron chi connectivity index (χ0n) is 24.5. The van der Waals surface area contributed by atoms with E-state index in [0.29, 0.717) is 5.56 Å². The standard InChI is InChI=1S/C32H46N6O2/c1-4-6-21-37(22-7-5-2)31(40)26-14-17-28-29(24-26)38(23-11-20-36-18-9-8-10-19-36)32(35-28)34-27-15-12-25(13-16-27)30(39)33-3/h12-17,24H,4-11,18-23H2,1-3H3,(H,33,39)(H,34,35). The third kappa shape index (κ3) is 7.62. The number of aromatic nitrogens is 2. The number of unbranched alkanes of at least 4 members (excludes halogenated alkanes) is 2. The molecule has 0 radical (unpaired) electrons. The number of rotatable bonds is 14. The van der Waals surface area contributed by atoms with Crippen LogP contribution in [-0.4, -0.2) is 70.9 Å². The maximum absolute atomic E-state index is 13.6. The smallest absolute Gasteiger partial charge is 0.253 e. The van der Waals surface area contributed by atoms with E-state index in [0.717, 1.165) is 86.5 Å². The van der Waals surface area contributed by atoms with E-state index in [1.54, 1.807) is 7.05 Å². The number of piperidine rings is 1. The van der Waals surface area contributed by atoms with Crippen molar-refractivity contribution >= 4 is 34.5 Å². The van der Waals surface area contributed by atoms with Gasteiger partial charge < -0.3 is 25.0 Å². The minimum absolute atomic E-state index is 0.101. The van der Waals surface area contributed by atoms with Crippen molar-refractivity contribution in [3.8, 4) is 0 Å². The van der Waals surface area contributed by atoms with Gasteiger partial charge in [0.05, 0.1) is 11.0 Å². The molecule has 1 fully saturated rings. The summed E-state index contributed by atoms with van der Waals surface area (Å²) in [6.45, 7) is 10.1. The molecule has 8 nitrogen and oxygen atoms in total. The van der Waals surface area contributed by atoms with Crippen molar-refractivity contribution in [3.05, 3.63) is 53.6 Å². The summed E-state index contributed by atoms with van der Waals surface area (Å²) in [7, 11) is 1.63. The first kappa shape index (κ1) is 29.6. The van der Waals surface area contributed by atoms with Crippen molar-refractivity contribution in [2.75, 3.05) is 45.1 Å². The average Bonchev–Trinajstić information content (AvgIpc) is 3.33. The molecule has 0 saturated carbocycles. The number of nitrogens with one attached hydrogen (secondary N) is 2. The van der Waals surface area contributed by atoms with Crippen LogP contribution in [0.1, 0.15) is 85.9 Å². The number of hydrogen-bond acceptors (Lipinski definition) is 5. The Morgan fingerprint density at radius 1 is 0.875 bits per heavy atom. The Labute approximate surface area is 239 Å². The van der Waals surface area contributed by atoms with E-state index in [-0.39, 0.29) is 11.8 Å². The zero-order chi connectivity index (χ0) is 28.3. The number of aryl methyl sites for hydroxylation is 1. The highest BCUT2D eigenvalue weighted by molar-refractivity contribution is 5.98. The summed E-state index contributed by atoms with van der Waals surface area (Å²) in [5.74, 6) is 0.740. The average molecular weight is 547 g/mol. The molecule has 3 aromatic rings. The van der Waals surface area contributed by atoms with Gasteiger partial charge in [0, 0.05) is 43.5 Å². The molecule has 2 amide bonds. The number of carbonyl (C=O) groups is 2. The van der Waals surface area contributed by atoms with Gasteiger partial charge in [-0.15, -0.1) is 0 Å².